The van der Waals surface area contributed by atoms with Crippen LogP contribution in [0.15, 0.2) is 36.4 Å². The Balaban J connectivity index is 1.46. The van der Waals surface area contributed by atoms with Crippen LogP contribution in [0.4, 0.5) is 5.82 Å². The van der Waals surface area contributed by atoms with Gasteiger partial charge in [0.15, 0.2) is 5.82 Å². The summed E-state index contributed by atoms with van der Waals surface area (Å²) < 4.78 is 7.45. The van der Waals surface area contributed by atoms with Crippen LogP contribution in [0.5, 0.6) is 5.88 Å². The van der Waals surface area contributed by atoms with Crippen molar-refractivity contribution in [3.8, 4) is 17.6 Å². The summed E-state index contributed by atoms with van der Waals surface area (Å²) in [6.07, 6.45) is 0. The van der Waals surface area contributed by atoms with Crippen LogP contribution in [-0.4, -0.2) is 50.7 Å². The van der Waals surface area contributed by atoms with Crippen molar-refractivity contribution in [2.75, 3.05) is 24.5 Å². The Morgan fingerprint density at radius 1 is 1.17 bits per heavy atom. The molecule has 146 valence electrons. The summed E-state index contributed by atoms with van der Waals surface area (Å²) in [6.45, 7) is 3.60. The first-order valence-electron chi connectivity index (χ1n) is 9.04. The summed E-state index contributed by atoms with van der Waals surface area (Å²) in [4.78, 5) is 13.4. The van der Waals surface area contributed by atoms with Gasteiger partial charge in [0, 0.05) is 19.2 Å². The molecule has 1 aromatic carbocycles. The van der Waals surface area contributed by atoms with Crippen LogP contribution in [0.2, 0.25) is 0 Å². The van der Waals surface area contributed by atoms with E-state index in [0.29, 0.717) is 30.4 Å². The largest absolute Gasteiger partial charge is 0.470 e. The summed E-state index contributed by atoms with van der Waals surface area (Å²) in [7, 11) is 0. The minimum atomic E-state index is -0.0302. The predicted octanol–water partition coefficient (Wildman–Crippen LogP) is 0.753. The number of hydrogen-bond acceptors (Lipinski definition) is 8. The van der Waals surface area contributed by atoms with Crippen molar-refractivity contribution < 1.29 is 9.53 Å². The van der Waals surface area contributed by atoms with E-state index in [4.69, 9.17) is 10.00 Å². The lowest BCUT2D eigenvalue weighted by atomic mass is 10.2. The molecule has 1 N–H and O–H groups in total. The summed E-state index contributed by atoms with van der Waals surface area (Å²) in [5.74, 6) is 0.965. The highest BCUT2D eigenvalue weighted by Crippen LogP contribution is 2.18. The number of rotatable bonds is 5. The van der Waals surface area contributed by atoms with Gasteiger partial charge in [-0.1, -0.05) is 5.21 Å². The van der Waals surface area contributed by atoms with Crippen LogP contribution in [0.3, 0.4) is 0 Å². The number of ether oxygens (including phenoxy) is 1. The molecule has 0 spiro atoms. The summed E-state index contributed by atoms with van der Waals surface area (Å²) in [6, 6.07) is 12.7. The lowest BCUT2D eigenvalue weighted by molar-refractivity contribution is -0.120. The third kappa shape index (κ3) is 3.98. The predicted molar refractivity (Wildman–Crippen MR) is 102 cm³/mol. The standard InChI is InChI=1S/C19H18N8O2/c1-13-16(27(25-22-13)15-4-2-14(10-20)3-5-15)12-29-19-7-6-17(23-24-19)26-9-8-21-18(28)11-26/h2-7H,8-9,11-12H2,1H3,(H,21,28). The van der Waals surface area contributed by atoms with Crippen LogP contribution in [0.25, 0.3) is 5.69 Å². The molecule has 1 fully saturated rings. The van der Waals surface area contributed by atoms with Crippen LogP contribution in [0, 0.1) is 18.3 Å². The molecule has 0 atom stereocenters. The van der Waals surface area contributed by atoms with Gasteiger partial charge in [0.1, 0.15) is 12.3 Å². The number of nitrogens with zero attached hydrogens (tertiary/aromatic N) is 7. The van der Waals surface area contributed by atoms with Crippen molar-refractivity contribution in [1.29, 1.82) is 5.26 Å². The lowest BCUT2D eigenvalue weighted by Gasteiger charge is -2.26. The van der Waals surface area contributed by atoms with E-state index in [1.807, 2.05) is 11.8 Å². The number of amides is 1. The smallest absolute Gasteiger partial charge is 0.239 e. The molecule has 10 heteroatoms. The fraction of sp³-hybridized carbons (Fsp3) is 0.263. The molecule has 10 nitrogen and oxygen atoms in total. The molecule has 3 heterocycles. The number of piperazine rings is 1. The first-order chi connectivity index (χ1) is 14.1. The Bertz CT molecular complexity index is 1050. The maximum absolute atomic E-state index is 11.5. The second-order valence-electron chi connectivity index (χ2n) is 6.48. The number of carbonyl (C=O) groups is 1. The number of nitriles is 1. The molecule has 4 rings (SSSR count). The Morgan fingerprint density at radius 2 is 2.00 bits per heavy atom. The highest BCUT2D eigenvalue weighted by atomic mass is 16.5. The molecule has 3 aromatic rings. The summed E-state index contributed by atoms with van der Waals surface area (Å²) in [5.41, 5.74) is 2.87. The Kier molecular flexibility index (Phi) is 5.03. The third-order valence-corrected chi connectivity index (χ3v) is 4.54. The third-order valence-electron chi connectivity index (χ3n) is 4.54. The van der Waals surface area contributed by atoms with E-state index in [1.54, 1.807) is 41.1 Å². The van der Waals surface area contributed by atoms with Crippen LogP contribution < -0.4 is 15.0 Å². The molecule has 1 amide bonds. The number of carbonyl (C=O) groups excluding carboxylic acids is 1. The van der Waals surface area contributed by atoms with Crippen molar-refractivity contribution in [3.05, 3.63) is 53.3 Å². The van der Waals surface area contributed by atoms with Gasteiger partial charge in [0.25, 0.3) is 0 Å². The van der Waals surface area contributed by atoms with Gasteiger partial charge in [0.2, 0.25) is 11.8 Å². The molecule has 1 saturated heterocycles. The van der Waals surface area contributed by atoms with E-state index < -0.39 is 0 Å². The normalized spacial score (nSPS) is 13.7. The van der Waals surface area contributed by atoms with E-state index in [0.717, 1.165) is 17.1 Å². The van der Waals surface area contributed by atoms with Crippen molar-refractivity contribution in [3.63, 3.8) is 0 Å². The first kappa shape index (κ1) is 18.4. The average Bonchev–Trinajstić information content (AvgIpc) is 3.13. The maximum Gasteiger partial charge on any atom is 0.239 e. The first-order valence-corrected chi connectivity index (χ1v) is 9.04. The Morgan fingerprint density at radius 3 is 2.69 bits per heavy atom. The van der Waals surface area contributed by atoms with Crippen LogP contribution in [-0.2, 0) is 11.4 Å². The molecular weight excluding hydrogens is 372 g/mol. The van der Waals surface area contributed by atoms with E-state index in [9.17, 15) is 4.79 Å². The molecular formula is C19H18N8O2. The number of aryl methyl sites for hydroxylation is 1. The van der Waals surface area contributed by atoms with Gasteiger partial charge in [-0.25, -0.2) is 4.68 Å². The van der Waals surface area contributed by atoms with Crippen LogP contribution in [0.1, 0.15) is 17.0 Å². The maximum atomic E-state index is 11.5. The van der Waals surface area contributed by atoms with Crippen molar-refractivity contribution in [1.82, 2.24) is 30.5 Å². The SMILES string of the molecule is Cc1nnn(-c2ccc(C#N)cc2)c1COc1ccc(N2CCNC(=O)C2)nn1. The summed E-state index contributed by atoms with van der Waals surface area (Å²) >= 11 is 0. The quantitative estimate of drug-likeness (QED) is 0.677. The second-order valence-corrected chi connectivity index (χ2v) is 6.48. The van der Waals surface area contributed by atoms with Crippen LogP contribution >= 0.6 is 0 Å². The minimum absolute atomic E-state index is 0.0302. The van der Waals surface area contributed by atoms with Crippen molar-refractivity contribution in [2.45, 2.75) is 13.5 Å². The fourth-order valence-corrected chi connectivity index (χ4v) is 2.96. The minimum Gasteiger partial charge on any atom is -0.470 e. The van der Waals surface area contributed by atoms with Gasteiger partial charge in [-0.15, -0.1) is 15.3 Å². The second kappa shape index (κ2) is 7.93. The summed E-state index contributed by atoms with van der Waals surface area (Å²) in [5, 5.41) is 28.3. The molecule has 0 unspecified atom stereocenters. The average molecular weight is 390 g/mol. The fourth-order valence-electron chi connectivity index (χ4n) is 2.96. The lowest BCUT2D eigenvalue weighted by Crippen LogP contribution is -2.48. The van der Waals surface area contributed by atoms with Gasteiger partial charge < -0.3 is 15.0 Å². The van der Waals surface area contributed by atoms with Crippen molar-refractivity contribution >= 4 is 11.7 Å². The number of nitrogens with one attached hydrogen (secondary N) is 1. The molecule has 0 saturated carbocycles. The zero-order valence-corrected chi connectivity index (χ0v) is 15.7. The zero-order valence-electron chi connectivity index (χ0n) is 15.7. The zero-order chi connectivity index (χ0) is 20.2. The molecule has 0 radical (unpaired) electrons. The Hall–Kier alpha value is -4.00. The van der Waals surface area contributed by atoms with Gasteiger partial charge in [-0.3, -0.25) is 4.79 Å². The highest BCUT2D eigenvalue weighted by molar-refractivity contribution is 5.82. The number of aromatic nitrogens is 5. The number of hydrogen-bond donors (Lipinski definition) is 1. The van der Waals surface area contributed by atoms with Crippen molar-refractivity contribution in [2.24, 2.45) is 0 Å². The van der Waals surface area contributed by atoms with Gasteiger partial charge >= 0.3 is 0 Å². The molecule has 29 heavy (non-hydrogen) atoms. The van der Waals surface area contributed by atoms with E-state index >= 15 is 0 Å². The molecule has 0 bridgehead atoms. The number of benzene rings is 1. The van der Waals surface area contributed by atoms with E-state index in [2.05, 4.69) is 31.9 Å². The molecule has 0 aliphatic carbocycles. The monoisotopic (exact) mass is 390 g/mol. The topological polar surface area (TPSA) is 122 Å². The van der Waals surface area contributed by atoms with E-state index in [-0.39, 0.29) is 19.1 Å². The van der Waals surface area contributed by atoms with Gasteiger partial charge in [-0.2, -0.15) is 5.26 Å². The van der Waals surface area contributed by atoms with E-state index in [1.165, 1.54) is 0 Å². The molecule has 1 aliphatic rings. The molecule has 1 aliphatic heterocycles. The highest BCUT2D eigenvalue weighted by Gasteiger charge is 2.18. The number of anilines is 1. The van der Waals surface area contributed by atoms with Gasteiger partial charge in [0.05, 0.1) is 29.6 Å². The Labute approximate surface area is 166 Å². The van der Waals surface area contributed by atoms with Gasteiger partial charge in [-0.05, 0) is 37.3 Å². The molecule has 2 aromatic heterocycles.